The molecule has 0 heterocycles. The van der Waals surface area contributed by atoms with Crippen LogP contribution in [0.4, 0.5) is 17.1 Å². The quantitative estimate of drug-likeness (QED) is 0.621. The van der Waals surface area contributed by atoms with Gasteiger partial charge in [-0.1, -0.05) is 30.3 Å². The number of para-hydroxylation sites is 1. The third-order valence-electron chi connectivity index (χ3n) is 4.65. The van der Waals surface area contributed by atoms with Crippen LogP contribution in [0, 0.1) is 20.8 Å². The number of benzene rings is 3. The van der Waals surface area contributed by atoms with Crippen molar-refractivity contribution in [3.63, 3.8) is 0 Å². The van der Waals surface area contributed by atoms with Gasteiger partial charge in [0.2, 0.25) is 0 Å². The first-order valence-corrected chi connectivity index (χ1v) is 8.88. The number of hydrogen-bond acceptors (Lipinski definition) is 3. The normalized spacial score (nSPS) is 10.4. The summed E-state index contributed by atoms with van der Waals surface area (Å²) in [7, 11) is 1.59. The van der Waals surface area contributed by atoms with Gasteiger partial charge in [0.15, 0.2) is 0 Å². The molecule has 138 valence electrons. The van der Waals surface area contributed by atoms with Crippen LogP contribution in [0.2, 0.25) is 0 Å². The van der Waals surface area contributed by atoms with E-state index in [9.17, 15) is 4.79 Å². The molecule has 0 aromatic heterocycles. The summed E-state index contributed by atoms with van der Waals surface area (Å²) in [6.45, 7) is 6.12. The Morgan fingerprint density at radius 1 is 0.852 bits per heavy atom. The molecule has 0 saturated heterocycles. The van der Waals surface area contributed by atoms with E-state index >= 15 is 0 Å². The number of rotatable bonds is 5. The minimum absolute atomic E-state index is 0.188. The number of anilines is 3. The van der Waals surface area contributed by atoms with Gasteiger partial charge in [-0.05, 0) is 67.8 Å². The number of ether oxygens (including phenoxy) is 1. The van der Waals surface area contributed by atoms with Crippen LogP contribution < -0.4 is 15.4 Å². The van der Waals surface area contributed by atoms with Gasteiger partial charge < -0.3 is 15.4 Å². The summed E-state index contributed by atoms with van der Waals surface area (Å²) in [5.41, 5.74) is 6.39. The highest BCUT2D eigenvalue weighted by molar-refractivity contribution is 6.09. The number of amides is 1. The SMILES string of the molecule is COc1ccc(C)cc1NC(=O)c1ccccc1Nc1cccc(C)c1C. The van der Waals surface area contributed by atoms with Crippen LogP contribution in [0.5, 0.6) is 5.75 Å². The zero-order chi connectivity index (χ0) is 19.4. The highest BCUT2D eigenvalue weighted by Gasteiger charge is 2.14. The summed E-state index contributed by atoms with van der Waals surface area (Å²) < 4.78 is 5.36. The van der Waals surface area contributed by atoms with Crippen LogP contribution in [0.3, 0.4) is 0 Å². The first kappa shape index (κ1) is 18.5. The van der Waals surface area contributed by atoms with Crippen molar-refractivity contribution in [1.29, 1.82) is 0 Å². The third-order valence-corrected chi connectivity index (χ3v) is 4.65. The molecule has 4 nitrogen and oxygen atoms in total. The zero-order valence-electron chi connectivity index (χ0n) is 16.1. The smallest absolute Gasteiger partial charge is 0.257 e. The summed E-state index contributed by atoms with van der Waals surface area (Å²) in [6.07, 6.45) is 0. The lowest BCUT2D eigenvalue weighted by Gasteiger charge is -2.16. The van der Waals surface area contributed by atoms with E-state index in [-0.39, 0.29) is 5.91 Å². The van der Waals surface area contributed by atoms with Gasteiger partial charge in [0.1, 0.15) is 5.75 Å². The second-order valence-corrected chi connectivity index (χ2v) is 6.58. The van der Waals surface area contributed by atoms with Crippen molar-refractivity contribution >= 4 is 23.0 Å². The largest absolute Gasteiger partial charge is 0.495 e. The molecule has 0 radical (unpaired) electrons. The maximum atomic E-state index is 12.9. The number of nitrogens with one attached hydrogen (secondary N) is 2. The number of carbonyl (C=O) groups excluding carboxylic acids is 1. The molecule has 0 aliphatic carbocycles. The van der Waals surface area contributed by atoms with E-state index in [1.807, 2.05) is 61.5 Å². The fourth-order valence-corrected chi connectivity index (χ4v) is 2.93. The van der Waals surface area contributed by atoms with E-state index < -0.39 is 0 Å². The van der Waals surface area contributed by atoms with Gasteiger partial charge in [0, 0.05) is 5.69 Å². The van der Waals surface area contributed by atoms with Crippen LogP contribution in [0.1, 0.15) is 27.0 Å². The van der Waals surface area contributed by atoms with E-state index in [4.69, 9.17) is 4.74 Å². The average Bonchev–Trinajstić information content (AvgIpc) is 2.66. The summed E-state index contributed by atoms with van der Waals surface area (Å²) in [5, 5.41) is 6.36. The molecule has 3 rings (SSSR count). The van der Waals surface area contributed by atoms with Crippen molar-refractivity contribution in [2.45, 2.75) is 20.8 Å². The Morgan fingerprint density at radius 3 is 2.37 bits per heavy atom. The minimum Gasteiger partial charge on any atom is -0.495 e. The molecule has 3 aromatic carbocycles. The Morgan fingerprint density at radius 2 is 1.59 bits per heavy atom. The van der Waals surface area contributed by atoms with E-state index in [0.29, 0.717) is 17.0 Å². The van der Waals surface area contributed by atoms with Crippen LogP contribution in [0.15, 0.2) is 60.7 Å². The Labute approximate surface area is 160 Å². The average molecular weight is 360 g/mol. The summed E-state index contributed by atoms with van der Waals surface area (Å²) in [5.74, 6) is 0.446. The van der Waals surface area contributed by atoms with Crippen LogP contribution in [-0.2, 0) is 0 Å². The van der Waals surface area contributed by atoms with Crippen molar-refractivity contribution < 1.29 is 9.53 Å². The molecule has 0 aliphatic heterocycles. The maximum Gasteiger partial charge on any atom is 0.257 e. The second kappa shape index (κ2) is 7.96. The molecular weight excluding hydrogens is 336 g/mol. The predicted octanol–water partition coefficient (Wildman–Crippen LogP) is 5.62. The molecule has 0 saturated carbocycles. The van der Waals surface area contributed by atoms with Gasteiger partial charge in [0.25, 0.3) is 5.91 Å². The highest BCUT2D eigenvalue weighted by Crippen LogP contribution is 2.28. The van der Waals surface area contributed by atoms with Gasteiger partial charge in [-0.3, -0.25) is 4.79 Å². The first-order chi connectivity index (χ1) is 13.0. The third kappa shape index (κ3) is 4.11. The molecular formula is C23H24N2O2. The Hall–Kier alpha value is -3.27. The van der Waals surface area contributed by atoms with E-state index in [1.165, 1.54) is 5.56 Å². The summed E-state index contributed by atoms with van der Waals surface area (Å²) in [6, 6.07) is 19.3. The molecule has 0 spiro atoms. The molecule has 0 fully saturated rings. The van der Waals surface area contributed by atoms with Gasteiger partial charge in [-0.15, -0.1) is 0 Å². The zero-order valence-corrected chi connectivity index (χ0v) is 16.1. The predicted molar refractivity (Wildman–Crippen MR) is 111 cm³/mol. The topological polar surface area (TPSA) is 50.4 Å². The molecule has 0 aliphatic rings. The maximum absolute atomic E-state index is 12.9. The van der Waals surface area contributed by atoms with E-state index in [0.717, 1.165) is 22.5 Å². The van der Waals surface area contributed by atoms with Crippen LogP contribution in [0.25, 0.3) is 0 Å². The van der Waals surface area contributed by atoms with Crippen molar-refractivity contribution in [2.75, 3.05) is 17.7 Å². The number of methoxy groups -OCH3 is 1. The Kier molecular flexibility index (Phi) is 5.46. The number of carbonyl (C=O) groups is 1. The Bertz CT molecular complexity index is 980. The standard InChI is InChI=1S/C23H24N2O2/c1-15-12-13-22(27-4)21(14-15)25-23(26)18-9-5-6-10-20(18)24-19-11-7-8-16(2)17(19)3/h5-14,24H,1-4H3,(H,25,26). The molecule has 0 unspecified atom stereocenters. The fraction of sp³-hybridized carbons (Fsp3) is 0.174. The molecule has 27 heavy (non-hydrogen) atoms. The van der Waals surface area contributed by atoms with Gasteiger partial charge in [0.05, 0.1) is 24.0 Å². The van der Waals surface area contributed by atoms with Crippen molar-refractivity contribution in [3.05, 3.63) is 82.9 Å². The summed E-state index contributed by atoms with van der Waals surface area (Å²) in [4.78, 5) is 12.9. The fourth-order valence-electron chi connectivity index (χ4n) is 2.93. The number of hydrogen-bond donors (Lipinski definition) is 2. The number of aryl methyl sites for hydroxylation is 2. The summed E-state index contributed by atoms with van der Waals surface area (Å²) >= 11 is 0. The first-order valence-electron chi connectivity index (χ1n) is 8.88. The Balaban J connectivity index is 1.91. The lowest BCUT2D eigenvalue weighted by molar-refractivity contribution is 0.102. The molecule has 1 amide bonds. The monoisotopic (exact) mass is 360 g/mol. The second-order valence-electron chi connectivity index (χ2n) is 6.58. The highest BCUT2D eigenvalue weighted by atomic mass is 16.5. The van der Waals surface area contributed by atoms with E-state index in [1.54, 1.807) is 7.11 Å². The lowest BCUT2D eigenvalue weighted by atomic mass is 10.1. The van der Waals surface area contributed by atoms with Gasteiger partial charge in [-0.2, -0.15) is 0 Å². The van der Waals surface area contributed by atoms with Gasteiger partial charge >= 0.3 is 0 Å². The van der Waals surface area contributed by atoms with Crippen molar-refractivity contribution in [1.82, 2.24) is 0 Å². The van der Waals surface area contributed by atoms with Crippen molar-refractivity contribution in [3.8, 4) is 5.75 Å². The lowest BCUT2D eigenvalue weighted by Crippen LogP contribution is -2.14. The molecule has 4 heteroatoms. The molecule has 0 atom stereocenters. The van der Waals surface area contributed by atoms with Crippen molar-refractivity contribution in [2.24, 2.45) is 0 Å². The van der Waals surface area contributed by atoms with Crippen LogP contribution >= 0.6 is 0 Å². The minimum atomic E-state index is -0.188. The van der Waals surface area contributed by atoms with E-state index in [2.05, 4.69) is 30.5 Å². The van der Waals surface area contributed by atoms with Gasteiger partial charge in [-0.25, -0.2) is 0 Å². The molecule has 0 bridgehead atoms. The molecule has 2 N–H and O–H groups in total. The van der Waals surface area contributed by atoms with Crippen LogP contribution in [-0.4, -0.2) is 13.0 Å². The molecule has 3 aromatic rings.